The zero-order valence-electron chi connectivity index (χ0n) is 12.5. The van der Waals surface area contributed by atoms with Crippen LogP contribution in [-0.4, -0.2) is 5.91 Å². The summed E-state index contributed by atoms with van der Waals surface area (Å²) in [4.78, 5) is 12.1. The summed E-state index contributed by atoms with van der Waals surface area (Å²) in [7, 11) is 0. The van der Waals surface area contributed by atoms with Crippen molar-refractivity contribution in [2.24, 2.45) is 0 Å². The second-order valence-corrected chi connectivity index (χ2v) is 5.06. The monoisotopic (exact) mass is 368 g/mol. The lowest BCUT2D eigenvalue weighted by molar-refractivity contribution is -0.688. The average molecular weight is 369 g/mol. The number of carbonyl (C=O) groups is 1. The molecule has 2 aromatic carbocycles. The van der Waals surface area contributed by atoms with E-state index < -0.39 is 0 Å². The number of nitrogens with one attached hydrogen (secondary N) is 1. The fourth-order valence-electron chi connectivity index (χ4n) is 2.23. The highest BCUT2D eigenvalue weighted by molar-refractivity contribution is 6.04. The molecule has 116 valence electrons. The van der Waals surface area contributed by atoms with Crippen LogP contribution in [0.25, 0.3) is 0 Å². The molecule has 23 heavy (non-hydrogen) atoms. The first-order chi connectivity index (χ1) is 10.8. The van der Waals surface area contributed by atoms with E-state index in [0.717, 1.165) is 12.2 Å². The molecular formula is C19H17BrN2O. The van der Waals surface area contributed by atoms with Gasteiger partial charge in [-0.05, 0) is 12.1 Å². The van der Waals surface area contributed by atoms with Gasteiger partial charge < -0.3 is 22.3 Å². The van der Waals surface area contributed by atoms with Crippen LogP contribution in [0.3, 0.4) is 0 Å². The highest BCUT2D eigenvalue weighted by Gasteiger charge is 2.07. The standard InChI is InChI=1S/C19H16N2O.BrH/c22-19(17-9-5-2-6-10-17)20-18-11-13-21(14-12-18)15-16-7-3-1-4-8-16;/h1-14H,15H2;1H. The number of aromatic nitrogens is 1. The number of rotatable bonds is 4. The van der Waals surface area contributed by atoms with Gasteiger partial charge in [-0.25, -0.2) is 4.57 Å². The van der Waals surface area contributed by atoms with Gasteiger partial charge in [-0.3, -0.25) is 4.79 Å². The van der Waals surface area contributed by atoms with Gasteiger partial charge in [-0.1, -0.05) is 48.5 Å². The van der Waals surface area contributed by atoms with Gasteiger partial charge >= 0.3 is 0 Å². The quantitative estimate of drug-likeness (QED) is 0.659. The first-order valence-corrected chi connectivity index (χ1v) is 7.21. The third kappa shape index (κ3) is 4.76. The summed E-state index contributed by atoms with van der Waals surface area (Å²) in [6, 6.07) is 23.3. The Labute approximate surface area is 146 Å². The molecule has 0 spiro atoms. The Kier molecular flexibility index (Phi) is 6.06. The molecule has 0 aliphatic carbocycles. The maximum absolute atomic E-state index is 12.1. The van der Waals surface area contributed by atoms with Crippen LogP contribution < -0.4 is 26.9 Å². The van der Waals surface area contributed by atoms with E-state index >= 15 is 0 Å². The maximum atomic E-state index is 12.1. The molecule has 0 saturated carbocycles. The average Bonchev–Trinajstić information content (AvgIpc) is 2.58. The molecule has 1 heterocycles. The number of amides is 1. The van der Waals surface area contributed by atoms with Crippen LogP contribution in [0.1, 0.15) is 15.9 Å². The van der Waals surface area contributed by atoms with Crippen molar-refractivity contribution in [1.29, 1.82) is 0 Å². The number of anilines is 1. The van der Waals surface area contributed by atoms with E-state index in [0.29, 0.717) is 5.56 Å². The fraction of sp³-hybridized carbons (Fsp3) is 0.0526. The van der Waals surface area contributed by atoms with Crippen molar-refractivity contribution < 1.29 is 26.3 Å². The van der Waals surface area contributed by atoms with Gasteiger partial charge in [0.2, 0.25) is 0 Å². The SMILES string of the molecule is O=C(Nc1cc[n+](Cc2ccccc2)cc1)c1ccccc1.[Br-]. The molecule has 1 amide bonds. The Hall–Kier alpha value is -2.46. The topological polar surface area (TPSA) is 33.0 Å². The van der Waals surface area contributed by atoms with E-state index in [1.165, 1.54) is 5.56 Å². The number of pyridine rings is 1. The molecule has 0 aliphatic heterocycles. The molecule has 0 unspecified atom stereocenters. The van der Waals surface area contributed by atoms with Crippen LogP contribution in [0.15, 0.2) is 85.2 Å². The summed E-state index contributed by atoms with van der Waals surface area (Å²) >= 11 is 0. The molecule has 1 N–H and O–H groups in total. The van der Waals surface area contributed by atoms with Crippen molar-refractivity contribution >= 4 is 11.6 Å². The minimum atomic E-state index is -0.0959. The third-order valence-electron chi connectivity index (χ3n) is 3.39. The molecule has 0 saturated heterocycles. The first kappa shape index (κ1) is 16.9. The van der Waals surface area contributed by atoms with Gasteiger partial charge in [-0.2, -0.15) is 0 Å². The second-order valence-electron chi connectivity index (χ2n) is 5.06. The molecule has 0 atom stereocenters. The van der Waals surface area contributed by atoms with E-state index in [1.54, 1.807) is 12.1 Å². The number of halogens is 1. The zero-order valence-corrected chi connectivity index (χ0v) is 14.1. The van der Waals surface area contributed by atoms with Crippen LogP contribution in [0.2, 0.25) is 0 Å². The number of hydrogen-bond donors (Lipinski definition) is 1. The Morgan fingerprint density at radius 3 is 2.00 bits per heavy atom. The van der Waals surface area contributed by atoms with Gasteiger partial charge in [0.25, 0.3) is 5.91 Å². The van der Waals surface area contributed by atoms with E-state index in [4.69, 9.17) is 0 Å². The fourth-order valence-corrected chi connectivity index (χ4v) is 2.23. The van der Waals surface area contributed by atoms with Crippen molar-refractivity contribution in [2.45, 2.75) is 6.54 Å². The molecule has 0 radical (unpaired) electrons. The summed E-state index contributed by atoms with van der Waals surface area (Å²) in [5, 5.41) is 2.90. The molecule has 0 aliphatic rings. The zero-order chi connectivity index (χ0) is 15.2. The normalized spacial score (nSPS) is 9.74. The largest absolute Gasteiger partial charge is 1.00 e. The van der Waals surface area contributed by atoms with Crippen molar-refractivity contribution in [3.8, 4) is 0 Å². The number of nitrogens with zero attached hydrogens (tertiary/aromatic N) is 1. The molecule has 1 aromatic heterocycles. The van der Waals surface area contributed by atoms with Crippen LogP contribution in [0.4, 0.5) is 5.69 Å². The second kappa shape index (κ2) is 8.25. The Morgan fingerprint density at radius 2 is 1.39 bits per heavy atom. The van der Waals surface area contributed by atoms with Crippen molar-refractivity contribution in [1.82, 2.24) is 0 Å². The van der Waals surface area contributed by atoms with Crippen LogP contribution >= 0.6 is 0 Å². The Balaban J connectivity index is 0.00000192. The van der Waals surface area contributed by atoms with Gasteiger partial charge in [0, 0.05) is 23.3 Å². The molecule has 3 aromatic rings. The number of benzene rings is 2. The highest BCUT2D eigenvalue weighted by atomic mass is 79.9. The summed E-state index contributed by atoms with van der Waals surface area (Å²) in [5.74, 6) is -0.0959. The van der Waals surface area contributed by atoms with E-state index in [1.807, 2.05) is 60.9 Å². The van der Waals surface area contributed by atoms with E-state index in [2.05, 4.69) is 22.0 Å². The number of hydrogen-bond acceptors (Lipinski definition) is 1. The van der Waals surface area contributed by atoms with Gasteiger partial charge in [-0.15, -0.1) is 0 Å². The van der Waals surface area contributed by atoms with E-state index in [9.17, 15) is 4.79 Å². The highest BCUT2D eigenvalue weighted by Crippen LogP contribution is 2.07. The van der Waals surface area contributed by atoms with Gasteiger partial charge in [0.05, 0.1) is 5.69 Å². The summed E-state index contributed by atoms with van der Waals surface area (Å²) in [6.07, 6.45) is 3.93. The van der Waals surface area contributed by atoms with Crippen LogP contribution in [0.5, 0.6) is 0 Å². The molecule has 0 fully saturated rings. The maximum Gasteiger partial charge on any atom is 0.255 e. The molecule has 3 rings (SSSR count). The Morgan fingerprint density at radius 1 is 0.826 bits per heavy atom. The number of carbonyl (C=O) groups excluding carboxylic acids is 1. The molecule has 4 heteroatoms. The predicted molar refractivity (Wildman–Crippen MR) is 86.6 cm³/mol. The lowest BCUT2D eigenvalue weighted by Gasteiger charge is -2.04. The lowest BCUT2D eigenvalue weighted by Crippen LogP contribution is -3.00. The molecule has 0 bridgehead atoms. The van der Waals surface area contributed by atoms with Crippen molar-refractivity contribution in [3.63, 3.8) is 0 Å². The summed E-state index contributed by atoms with van der Waals surface area (Å²) in [5.41, 5.74) is 2.69. The lowest BCUT2D eigenvalue weighted by atomic mass is 10.2. The third-order valence-corrected chi connectivity index (χ3v) is 3.39. The van der Waals surface area contributed by atoms with Gasteiger partial charge in [0.1, 0.15) is 0 Å². The summed E-state index contributed by atoms with van der Waals surface area (Å²) < 4.78 is 2.08. The van der Waals surface area contributed by atoms with Crippen LogP contribution in [-0.2, 0) is 6.54 Å². The van der Waals surface area contributed by atoms with E-state index in [-0.39, 0.29) is 22.9 Å². The summed E-state index contributed by atoms with van der Waals surface area (Å²) in [6.45, 7) is 0.813. The minimum absolute atomic E-state index is 0. The minimum Gasteiger partial charge on any atom is -1.00 e. The van der Waals surface area contributed by atoms with Gasteiger partial charge in [0.15, 0.2) is 18.9 Å². The predicted octanol–water partition coefficient (Wildman–Crippen LogP) is 0.279. The van der Waals surface area contributed by atoms with Crippen molar-refractivity contribution in [3.05, 3.63) is 96.3 Å². The Bertz CT molecular complexity index is 743. The van der Waals surface area contributed by atoms with Crippen LogP contribution in [0, 0.1) is 0 Å². The first-order valence-electron chi connectivity index (χ1n) is 7.21. The molecule has 3 nitrogen and oxygen atoms in total. The molecular weight excluding hydrogens is 352 g/mol. The van der Waals surface area contributed by atoms with Crippen molar-refractivity contribution in [2.75, 3.05) is 5.32 Å². The smallest absolute Gasteiger partial charge is 0.255 e.